The van der Waals surface area contributed by atoms with Gasteiger partial charge in [0.2, 0.25) is 0 Å². The highest BCUT2D eigenvalue weighted by molar-refractivity contribution is 5.91. The normalized spacial score (nSPS) is 9.93. The fourth-order valence-electron chi connectivity index (χ4n) is 2.30. The molecule has 0 spiro atoms. The Kier molecular flexibility index (Phi) is 5.65. The summed E-state index contributed by atoms with van der Waals surface area (Å²) in [5.41, 5.74) is 3.35. The Morgan fingerprint density at radius 2 is 1.74 bits per heavy atom. The van der Waals surface area contributed by atoms with Gasteiger partial charge in [-0.1, -0.05) is 17.7 Å². The molecule has 6 heteroatoms. The molecule has 0 saturated heterocycles. The molecule has 0 fully saturated rings. The lowest BCUT2D eigenvalue weighted by atomic mass is 10.2. The van der Waals surface area contributed by atoms with Crippen LogP contribution in [0.5, 0.6) is 5.75 Å². The lowest BCUT2D eigenvalue weighted by molar-refractivity contribution is -0.118. The molecule has 2 aromatic carbocycles. The molecular weight excluding hydrogens is 340 g/mol. The zero-order valence-corrected chi connectivity index (χ0v) is 14.8. The summed E-state index contributed by atoms with van der Waals surface area (Å²) in [7, 11) is 0. The van der Waals surface area contributed by atoms with Gasteiger partial charge in [-0.3, -0.25) is 4.79 Å². The van der Waals surface area contributed by atoms with Gasteiger partial charge in [-0.05, 0) is 55.5 Å². The number of benzene rings is 2. The van der Waals surface area contributed by atoms with Gasteiger partial charge in [-0.15, -0.1) is 0 Å². The molecule has 3 rings (SSSR count). The third kappa shape index (κ3) is 5.31. The lowest BCUT2D eigenvalue weighted by Gasteiger charge is -2.09. The molecule has 0 aliphatic rings. The van der Waals surface area contributed by atoms with E-state index in [0.717, 1.165) is 16.9 Å². The van der Waals surface area contributed by atoms with Gasteiger partial charge in [0, 0.05) is 5.69 Å². The molecule has 0 radical (unpaired) electrons. The summed E-state index contributed by atoms with van der Waals surface area (Å²) in [5.74, 6) is 0.805. The van der Waals surface area contributed by atoms with Gasteiger partial charge in [-0.2, -0.15) is 5.26 Å². The maximum Gasteiger partial charge on any atom is 0.263 e. The van der Waals surface area contributed by atoms with Crippen molar-refractivity contribution >= 4 is 23.1 Å². The molecule has 0 aliphatic carbocycles. The zero-order valence-electron chi connectivity index (χ0n) is 14.8. The van der Waals surface area contributed by atoms with E-state index in [1.807, 2.05) is 49.4 Å². The number of ether oxygens (including phenoxy) is 1. The largest absolute Gasteiger partial charge is 0.484 e. The number of amides is 1. The first-order valence-corrected chi connectivity index (χ1v) is 8.35. The SMILES string of the molecule is Cc1ccc(OCC(=O)Nc2ccc(Nc3ccc(C#N)cc3)cn2)cc1. The summed E-state index contributed by atoms with van der Waals surface area (Å²) >= 11 is 0. The van der Waals surface area contributed by atoms with E-state index in [1.54, 1.807) is 24.4 Å². The molecule has 27 heavy (non-hydrogen) atoms. The fourth-order valence-corrected chi connectivity index (χ4v) is 2.30. The Bertz CT molecular complexity index is 943. The fraction of sp³-hybridized carbons (Fsp3) is 0.0952. The first kappa shape index (κ1) is 18.0. The molecule has 1 amide bonds. The van der Waals surface area contributed by atoms with Crippen molar-refractivity contribution in [2.75, 3.05) is 17.2 Å². The van der Waals surface area contributed by atoms with Crippen molar-refractivity contribution in [2.45, 2.75) is 6.92 Å². The van der Waals surface area contributed by atoms with Gasteiger partial charge in [0.25, 0.3) is 5.91 Å². The standard InChI is InChI=1S/C21H18N4O2/c1-15-2-9-19(10-3-15)27-14-21(26)25-20-11-8-18(13-23-20)24-17-6-4-16(12-22)5-7-17/h2-11,13,24H,14H2,1H3,(H,23,25,26). The Hall–Kier alpha value is -3.85. The van der Waals surface area contributed by atoms with Crippen LogP contribution in [0.25, 0.3) is 0 Å². The number of aryl methyl sites for hydroxylation is 1. The first-order chi connectivity index (χ1) is 13.1. The number of anilines is 3. The topological polar surface area (TPSA) is 87.0 Å². The Morgan fingerprint density at radius 1 is 1.04 bits per heavy atom. The van der Waals surface area contributed by atoms with E-state index < -0.39 is 0 Å². The van der Waals surface area contributed by atoms with Gasteiger partial charge < -0.3 is 15.4 Å². The second-order valence-corrected chi connectivity index (χ2v) is 5.90. The van der Waals surface area contributed by atoms with Crippen molar-refractivity contribution in [3.8, 4) is 11.8 Å². The first-order valence-electron chi connectivity index (χ1n) is 8.35. The zero-order chi connectivity index (χ0) is 19.1. The van der Waals surface area contributed by atoms with Gasteiger partial charge in [0.15, 0.2) is 6.61 Å². The maximum atomic E-state index is 12.0. The molecule has 0 saturated carbocycles. The molecule has 2 N–H and O–H groups in total. The average Bonchev–Trinajstić information content (AvgIpc) is 2.70. The minimum Gasteiger partial charge on any atom is -0.484 e. The van der Waals surface area contributed by atoms with E-state index in [-0.39, 0.29) is 12.5 Å². The van der Waals surface area contributed by atoms with E-state index in [2.05, 4.69) is 21.7 Å². The molecule has 1 heterocycles. The number of aromatic nitrogens is 1. The van der Waals surface area contributed by atoms with E-state index in [4.69, 9.17) is 10.00 Å². The van der Waals surface area contributed by atoms with Crippen molar-refractivity contribution in [3.05, 3.63) is 78.0 Å². The summed E-state index contributed by atoms with van der Waals surface area (Å²) in [6.45, 7) is 1.90. The lowest BCUT2D eigenvalue weighted by Crippen LogP contribution is -2.20. The van der Waals surface area contributed by atoms with Gasteiger partial charge in [0.1, 0.15) is 11.6 Å². The van der Waals surface area contributed by atoms with Crippen LogP contribution >= 0.6 is 0 Å². The summed E-state index contributed by atoms with van der Waals surface area (Å²) in [5, 5.41) is 14.7. The van der Waals surface area contributed by atoms with Crippen LogP contribution in [0.1, 0.15) is 11.1 Å². The van der Waals surface area contributed by atoms with Crippen molar-refractivity contribution in [1.82, 2.24) is 4.98 Å². The number of nitriles is 1. The summed E-state index contributed by atoms with van der Waals surface area (Å²) in [4.78, 5) is 16.2. The molecule has 134 valence electrons. The van der Waals surface area contributed by atoms with E-state index in [9.17, 15) is 4.79 Å². The van der Waals surface area contributed by atoms with Crippen LogP contribution in [0.3, 0.4) is 0 Å². The maximum absolute atomic E-state index is 12.0. The second-order valence-electron chi connectivity index (χ2n) is 5.90. The number of hydrogen-bond donors (Lipinski definition) is 2. The number of hydrogen-bond acceptors (Lipinski definition) is 5. The molecule has 0 atom stereocenters. The van der Waals surface area contributed by atoms with Crippen LogP contribution in [0, 0.1) is 18.3 Å². The summed E-state index contributed by atoms with van der Waals surface area (Å²) in [6.07, 6.45) is 1.62. The van der Waals surface area contributed by atoms with Crippen LogP contribution < -0.4 is 15.4 Å². The third-order valence-electron chi connectivity index (χ3n) is 3.72. The minimum absolute atomic E-state index is 0.0873. The number of nitrogens with one attached hydrogen (secondary N) is 2. The van der Waals surface area contributed by atoms with Crippen LogP contribution in [0.15, 0.2) is 66.9 Å². The molecule has 3 aromatic rings. The number of nitrogens with zero attached hydrogens (tertiary/aromatic N) is 2. The Morgan fingerprint density at radius 3 is 2.37 bits per heavy atom. The van der Waals surface area contributed by atoms with Crippen molar-refractivity contribution < 1.29 is 9.53 Å². The highest BCUT2D eigenvalue weighted by atomic mass is 16.5. The quantitative estimate of drug-likeness (QED) is 0.695. The summed E-state index contributed by atoms with van der Waals surface area (Å²) in [6, 6.07) is 20.2. The third-order valence-corrected chi connectivity index (χ3v) is 3.72. The molecule has 6 nitrogen and oxygen atoms in total. The van der Waals surface area contributed by atoms with Crippen LogP contribution in [0.4, 0.5) is 17.2 Å². The van der Waals surface area contributed by atoms with Gasteiger partial charge in [-0.25, -0.2) is 4.98 Å². The van der Waals surface area contributed by atoms with Crippen molar-refractivity contribution in [3.63, 3.8) is 0 Å². The number of carbonyl (C=O) groups is 1. The Balaban J connectivity index is 1.51. The monoisotopic (exact) mass is 358 g/mol. The molecule has 1 aromatic heterocycles. The van der Waals surface area contributed by atoms with Crippen molar-refractivity contribution in [1.29, 1.82) is 5.26 Å². The van der Waals surface area contributed by atoms with Crippen LogP contribution in [0.2, 0.25) is 0 Å². The molecule has 0 bridgehead atoms. The van der Waals surface area contributed by atoms with Crippen LogP contribution in [-0.2, 0) is 4.79 Å². The highest BCUT2D eigenvalue weighted by Gasteiger charge is 2.05. The van der Waals surface area contributed by atoms with Gasteiger partial charge in [0.05, 0.1) is 23.5 Å². The van der Waals surface area contributed by atoms with Gasteiger partial charge >= 0.3 is 0 Å². The second kappa shape index (κ2) is 8.50. The summed E-state index contributed by atoms with van der Waals surface area (Å²) < 4.78 is 5.44. The minimum atomic E-state index is -0.282. The van der Waals surface area contributed by atoms with Crippen LogP contribution in [-0.4, -0.2) is 17.5 Å². The molecule has 0 unspecified atom stereocenters. The Labute approximate surface area is 157 Å². The predicted octanol–water partition coefficient (Wildman–Crippen LogP) is 4.02. The smallest absolute Gasteiger partial charge is 0.263 e. The molecular formula is C21H18N4O2. The van der Waals surface area contributed by atoms with Crippen molar-refractivity contribution in [2.24, 2.45) is 0 Å². The van der Waals surface area contributed by atoms with E-state index >= 15 is 0 Å². The van der Waals surface area contributed by atoms with E-state index in [0.29, 0.717) is 17.1 Å². The average molecular weight is 358 g/mol. The molecule has 0 aliphatic heterocycles. The number of rotatable bonds is 6. The highest BCUT2D eigenvalue weighted by Crippen LogP contribution is 2.17. The number of carbonyl (C=O) groups excluding carboxylic acids is 1. The number of pyridine rings is 1. The van der Waals surface area contributed by atoms with E-state index in [1.165, 1.54) is 0 Å². The predicted molar refractivity (Wildman–Crippen MR) is 104 cm³/mol.